The fraction of sp³-hybridized carbons (Fsp3) is 0.250. The Morgan fingerprint density at radius 1 is 0.889 bits per heavy atom. The van der Waals surface area contributed by atoms with Gasteiger partial charge in [-0.1, -0.05) is 24.3 Å². The zero-order valence-corrected chi connectivity index (χ0v) is 20.8. The highest BCUT2D eigenvalue weighted by Crippen LogP contribution is 2.41. The van der Waals surface area contributed by atoms with Crippen LogP contribution in [0.15, 0.2) is 60.8 Å². The molecule has 0 unspecified atom stereocenters. The molecule has 1 atom stereocenters. The van der Waals surface area contributed by atoms with Crippen LogP contribution in [0.4, 0.5) is 0 Å². The van der Waals surface area contributed by atoms with Crippen LogP contribution in [0.25, 0.3) is 22.0 Å². The van der Waals surface area contributed by atoms with E-state index in [0.29, 0.717) is 35.0 Å². The smallest absolute Gasteiger partial charge is 0.255 e. The van der Waals surface area contributed by atoms with Crippen molar-refractivity contribution >= 4 is 16.8 Å². The van der Waals surface area contributed by atoms with E-state index in [1.54, 1.807) is 33.5 Å². The first-order valence-corrected chi connectivity index (χ1v) is 11.5. The average molecular weight is 491 g/mol. The van der Waals surface area contributed by atoms with Crippen molar-refractivity contribution in [1.82, 2.24) is 10.3 Å². The van der Waals surface area contributed by atoms with Crippen molar-refractivity contribution in [1.29, 1.82) is 0 Å². The van der Waals surface area contributed by atoms with Crippen molar-refractivity contribution < 1.29 is 28.8 Å². The van der Waals surface area contributed by atoms with Gasteiger partial charge in [-0.05, 0) is 53.4 Å². The molecular formula is C28H30N2O6. The number of ether oxygens (including phenoxy) is 4. The molecular weight excluding hydrogens is 460 g/mol. The van der Waals surface area contributed by atoms with Crippen molar-refractivity contribution in [2.75, 3.05) is 35.0 Å². The monoisotopic (exact) mass is 490 g/mol. The van der Waals surface area contributed by atoms with Crippen LogP contribution < -0.4 is 24.3 Å². The number of benzene rings is 3. The molecule has 0 spiro atoms. The second-order valence-electron chi connectivity index (χ2n) is 8.25. The minimum atomic E-state index is -0.480. The Morgan fingerprint density at radius 2 is 1.58 bits per heavy atom. The van der Waals surface area contributed by atoms with Gasteiger partial charge in [0.05, 0.1) is 46.7 Å². The van der Waals surface area contributed by atoms with E-state index in [-0.39, 0.29) is 12.5 Å². The molecule has 1 heterocycles. The lowest BCUT2D eigenvalue weighted by molar-refractivity contribution is 0.0913. The summed E-state index contributed by atoms with van der Waals surface area (Å²) in [6.45, 7) is -0.208. The van der Waals surface area contributed by atoms with Gasteiger partial charge in [0.2, 0.25) is 5.75 Å². The van der Waals surface area contributed by atoms with Crippen LogP contribution >= 0.6 is 0 Å². The molecule has 8 heteroatoms. The van der Waals surface area contributed by atoms with Gasteiger partial charge in [0, 0.05) is 17.1 Å². The first-order chi connectivity index (χ1) is 17.5. The number of H-pyrrole nitrogens is 1. The number of aliphatic hydroxyl groups is 1. The van der Waals surface area contributed by atoms with E-state index >= 15 is 0 Å². The summed E-state index contributed by atoms with van der Waals surface area (Å²) in [7, 11) is 6.16. The zero-order valence-electron chi connectivity index (χ0n) is 20.8. The predicted octanol–water partition coefficient (Wildman–Crippen LogP) is 4.20. The van der Waals surface area contributed by atoms with E-state index in [0.717, 1.165) is 27.6 Å². The van der Waals surface area contributed by atoms with Gasteiger partial charge in [0.15, 0.2) is 11.5 Å². The Balaban J connectivity index is 1.63. The maximum Gasteiger partial charge on any atom is 0.255 e. The molecule has 4 aromatic rings. The van der Waals surface area contributed by atoms with Gasteiger partial charge in [-0.3, -0.25) is 4.79 Å². The molecule has 36 heavy (non-hydrogen) atoms. The summed E-state index contributed by atoms with van der Waals surface area (Å²) in [6.07, 6.45) is 2.38. The molecule has 0 aliphatic rings. The maximum absolute atomic E-state index is 13.3. The molecule has 0 saturated carbocycles. The minimum absolute atomic E-state index is 0.208. The topological polar surface area (TPSA) is 102 Å². The SMILES string of the molecule is COc1ccc(-c2cc(OC)c(OC)c(OC)c2)cc1C(=O)N[C@@H](CO)Cc1c[nH]c2ccccc12. The minimum Gasteiger partial charge on any atom is -0.496 e. The number of hydrogen-bond acceptors (Lipinski definition) is 6. The number of para-hydroxylation sites is 1. The number of carbonyl (C=O) groups excluding carboxylic acids is 1. The van der Waals surface area contributed by atoms with Crippen LogP contribution in [-0.2, 0) is 6.42 Å². The Hall–Kier alpha value is -4.17. The first kappa shape index (κ1) is 24.9. The molecule has 0 radical (unpaired) electrons. The largest absolute Gasteiger partial charge is 0.496 e. The molecule has 3 aromatic carbocycles. The lowest BCUT2D eigenvalue weighted by Gasteiger charge is -2.18. The number of methoxy groups -OCH3 is 4. The first-order valence-electron chi connectivity index (χ1n) is 11.5. The molecule has 0 bridgehead atoms. The molecule has 0 aliphatic heterocycles. The molecule has 3 N–H and O–H groups in total. The Labute approximate surface area is 209 Å². The van der Waals surface area contributed by atoms with Gasteiger partial charge in [0.1, 0.15) is 5.75 Å². The Bertz CT molecular complexity index is 1340. The van der Waals surface area contributed by atoms with Gasteiger partial charge in [-0.2, -0.15) is 0 Å². The van der Waals surface area contributed by atoms with Crippen molar-refractivity contribution in [2.24, 2.45) is 0 Å². The number of aromatic nitrogens is 1. The summed E-state index contributed by atoms with van der Waals surface area (Å²) in [4.78, 5) is 16.6. The highest BCUT2D eigenvalue weighted by atomic mass is 16.5. The summed E-state index contributed by atoms with van der Waals surface area (Å²) >= 11 is 0. The van der Waals surface area contributed by atoms with Crippen LogP contribution in [0.2, 0.25) is 0 Å². The second-order valence-corrected chi connectivity index (χ2v) is 8.25. The van der Waals surface area contributed by atoms with Crippen LogP contribution in [0.3, 0.4) is 0 Å². The third-order valence-electron chi connectivity index (χ3n) is 6.14. The molecule has 0 saturated heterocycles. The summed E-state index contributed by atoms with van der Waals surface area (Å²) < 4.78 is 21.8. The highest BCUT2D eigenvalue weighted by molar-refractivity contribution is 5.98. The zero-order chi connectivity index (χ0) is 25.7. The van der Waals surface area contributed by atoms with Crippen molar-refractivity contribution in [2.45, 2.75) is 12.5 Å². The standard InChI is InChI=1S/C28H30N2O6/c1-33-24-10-9-17(18-13-25(34-2)27(36-4)26(14-18)35-3)12-22(24)28(32)30-20(16-31)11-19-15-29-23-8-6-5-7-21(19)23/h5-10,12-15,20,29,31H,11,16H2,1-4H3,(H,30,32)/t20-/m1/s1. The van der Waals surface area contributed by atoms with Crippen molar-refractivity contribution in [3.05, 3.63) is 71.9 Å². The number of aliphatic hydroxyl groups excluding tert-OH is 1. The third-order valence-corrected chi connectivity index (χ3v) is 6.14. The summed E-state index contributed by atoms with van der Waals surface area (Å²) in [6, 6.07) is 16.4. The Morgan fingerprint density at radius 3 is 2.22 bits per heavy atom. The molecule has 1 amide bonds. The Kier molecular flexibility index (Phi) is 7.65. The highest BCUT2D eigenvalue weighted by Gasteiger charge is 2.20. The van der Waals surface area contributed by atoms with Crippen LogP contribution in [0.5, 0.6) is 23.0 Å². The molecule has 1 aromatic heterocycles. The van der Waals surface area contributed by atoms with E-state index in [1.165, 1.54) is 7.11 Å². The summed E-state index contributed by atoms with van der Waals surface area (Å²) in [5.74, 6) is 1.58. The summed E-state index contributed by atoms with van der Waals surface area (Å²) in [5, 5.41) is 14.0. The van der Waals surface area contributed by atoms with Crippen LogP contribution in [0.1, 0.15) is 15.9 Å². The summed E-state index contributed by atoms with van der Waals surface area (Å²) in [5.41, 5.74) is 3.91. The van der Waals surface area contributed by atoms with Crippen molar-refractivity contribution in [3.8, 4) is 34.1 Å². The average Bonchev–Trinajstić information content (AvgIpc) is 3.33. The quantitative estimate of drug-likeness (QED) is 0.308. The number of aromatic amines is 1. The van der Waals surface area contributed by atoms with Gasteiger partial charge in [-0.25, -0.2) is 0 Å². The second kappa shape index (κ2) is 11.0. The van der Waals surface area contributed by atoms with E-state index in [9.17, 15) is 9.90 Å². The lowest BCUT2D eigenvalue weighted by atomic mass is 10.00. The lowest BCUT2D eigenvalue weighted by Crippen LogP contribution is -2.39. The van der Waals surface area contributed by atoms with Gasteiger partial charge >= 0.3 is 0 Å². The number of nitrogens with one attached hydrogen (secondary N) is 2. The van der Waals surface area contributed by atoms with E-state index in [1.807, 2.05) is 48.7 Å². The van der Waals surface area contributed by atoms with Gasteiger partial charge < -0.3 is 34.4 Å². The van der Waals surface area contributed by atoms with Gasteiger partial charge in [-0.15, -0.1) is 0 Å². The van der Waals surface area contributed by atoms with Gasteiger partial charge in [0.25, 0.3) is 5.91 Å². The van der Waals surface area contributed by atoms with E-state index < -0.39 is 6.04 Å². The molecule has 4 rings (SSSR count). The van der Waals surface area contributed by atoms with Crippen LogP contribution in [-0.4, -0.2) is 57.1 Å². The van der Waals surface area contributed by atoms with Crippen molar-refractivity contribution in [3.63, 3.8) is 0 Å². The number of fused-ring (bicyclic) bond motifs is 1. The third kappa shape index (κ3) is 4.94. The van der Waals surface area contributed by atoms with E-state index in [4.69, 9.17) is 18.9 Å². The molecule has 188 valence electrons. The van der Waals surface area contributed by atoms with Crippen LogP contribution in [0, 0.1) is 0 Å². The number of carbonyl (C=O) groups is 1. The van der Waals surface area contributed by atoms with E-state index in [2.05, 4.69) is 10.3 Å². The normalized spacial score (nSPS) is 11.7. The molecule has 0 aliphatic carbocycles. The molecule has 8 nitrogen and oxygen atoms in total. The number of rotatable bonds is 10. The fourth-order valence-electron chi connectivity index (χ4n) is 4.30. The number of hydrogen-bond donors (Lipinski definition) is 3. The fourth-order valence-corrected chi connectivity index (χ4v) is 4.30. The molecule has 0 fully saturated rings. The number of amides is 1. The predicted molar refractivity (Wildman–Crippen MR) is 138 cm³/mol. The maximum atomic E-state index is 13.3.